The van der Waals surface area contributed by atoms with E-state index in [1.165, 1.54) is 12.8 Å². The molecular formula is C18H28O4. The molecule has 0 amide bonds. The van der Waals surface area contributed by atoms with Crippen molar-refractivity contribution in [1.29, 1.82) is 0 Å². The summed E-state index contributed by atoms with van der Waals surface area (Å²) in [5.41, 5.74) is 0. The molecule has 0 spiro atoms. The Kier molecular flexibility index (Phi) is 5.37. The molecule has 4 heteroatoms. The summed E-state index contributed by atoms with van der Waals surface area (Å²) in [6, 6.07) is 0. The van der Waals surface area contributed by atoms with Gasteiger partial charge < -0.3 is 9.47 Å². The van der Waals surface area contributed by atoms with Crippen molar-refractivity contribution in [2.45, 2.75) is 89.3 Å². The first kappa shape index (κ1) is 15.8. The van der Waals surface area contributed by atoms with Gasteiger partial charge in [0.2, 0.25) is 0 Å². The summed E-state index contributed by atoms with van der Waals surface area (Å²) < 4.78 is 11.2. The maximum atomic E-state index is 12.3. The Hall–Kier alpha value is -1.06. The van der Waals surface area contributed by atoms with Gasteiger partial charge in [-0.1, -0.05) is 12.8 Å². The number of rotatable bonds is 4. The van der Waals surface area contributed by atoms with Crippen LogP contribution in [-0.2, 0) is 19.1 Å². The molecule has 0 aromatic heterocycles. The second-order valence-corrected chi connectivity index (χ2v) is 7.18. The lowest BCUT2D eigenvalue weighted by Gasteiger charge is -2.35. The molecule has 0 bridgehead atoms. The van der Waals surface area contributed by atoms with Gasteiger partial charge in [-0.25, -0.2) is 0 Å². The summed E-state index contributed by atoms with van der Waals surface area (Å²) in [4.78, 5) is 24.5. The average Bonchev–Trinajstić information content (AvgIpc) is 2.48. The lowest BCUT2D eigenvalue weighted by Crippen LogP contribution is -2.42. The summed E-state index contributed by atoms with van der Waals surface area (Å²) in [6.45, 7) is 0. The van der Waals surface area contributed by atoms with Crippen LogP contribution < -0.4 is 0 Å². The second-order valence-electron chi connectivity index (χ2n) is 7.18. The summed E-state index contributed by atoms with van der Waals surface area (Å²) in [6.07, 6.45) is 12.7. The second kappa shape index (κ2) is 7.47. The molecule has 22 heavy (non-hydrogen) atoms. The fourth-order valence-corrected chi connectivity index (χ4v) is 3.93. The van der Waals surface area contributed by atoms with Crippen LogP contribution in [0.3, 0.4) is 0 Å². The van der Waals surface area contributed by atoms with Crippen molar-refractivity contribution in [3.8, 4) is 0 Å². The van der Waals surface area contributed by atoms with E-state index in [2.05, 4.69) is 0 Å². The van der Waals surface area contributed by atoms with E-state index < -0.39 is 0 Å². The van der Waals surface area contributed by atoms with E-state index in [0.717, 1.165) is 64.2 Å². The molecule has 0 aliphatic heterocycles. The van der Waals surface area contributed by atoms with Gasteiger partial charge in [0.15, 0.2) is 0 Å². The number of hydrogen-bond donors (Lipinski definition) is 0. The third kappa shape index (κ3) is 3.82. The van der Waals surface area contributed by atoms with Gasteiger partial charge in [0.25, 0.3) is 0 Å². The highest BCUT2D eigenvalue weighted by atomic mass is 16.6. The molecule has 2 atom stereocenters. The highest BCUT2D eigenvalue weighted by molar-refractivity contribution is 5.84. The van der Waals surface area contributed by atoms with Crippen LogP contribution >= 0.6 is 0 Å². The number of hydrogen-bond acceptors (Lipinski definition) is 4. The lowest BCUT2D eigenvalue weighted by molar-refractivity contribution is -0.175. The zero-order valence-corrected chi connectivity index (χ0v) is 13.4. The van der Waals surface area contributed by atoms with Gasteiger partial charge in [0.1, 0.15) is 12.2 Å². The van der Waals surface area contributed by atoms with E-state index in [-0.39, 0.29) is 36.0 Å². The van der Waals surface area contributed by atoms with Crippen LogP contribution in [0.4, 0.5) is 0 Å². The molecule has 124 valence electrons. The molecular weight excluding hydrogens is 280 g/mol. The normalized spacial score (nSPS) is 30.4. The Morgan fingerprint density at radius 3 is 1.23 bits per heavy atom. The first-order chi connectivity index (χ1) is 10.7. The van der Waals surface area contributed by atoms with Crippen LogP contribution in [0.5, 0.6) is 0 Å². The number of carbonyl (C=O) groups is 2. The first-order valence-electron chi connectivity index (χ1n) is 9.15. The Balaban J connectivity index is 1.45. The third-order valence-electron chi connectivity index (χ3n) is 5.55. The molecule has 0 aromatic carbocycles. The minimum atomic E-state index is -0.252. The van der Waals surface area contributed by atoms with E-state index in [9.17, 15) is 9.59 Å². The van der Waals surface area contributed by atoms with Gasteiger partial charge in [-0.2, -0.15) is 0 Å². The smallest absolute Gasteiger partial charge is 0.310 e. The van der Waals surface area contributed by atoms with E-state index in [1.807, 2.05) is 0 Å². The van der Waals surface area contributed by atoms with E-state index >= 15 is 0 Å². The van der Waals surface area contributed by atoms with Crippen LogP contribution in [0.1, 0.15) is 77.0 Å². The molecule has 3 aliphatic rings. The molecule has 3 aliphatic carbocycles. The topological polar surface area (TPSA) is 52.6 Å². The maximum Gasteiger partial charge on any atom is 0.310 e. The monoisotopic (exact) mass is 308 g/mol. The highest BCUT2D eigenvalue weighted by Crippen LogP contribution is 2.38. The minimum Gasteiger partial charge on any atom is -0.462 e. The Bertz CT molecular complexity index is 356. The van der Waals surface area contributed by atoms with Crippen LogP contribution in [0, 0.1) is 11.8 Å². The van der Waals surface area contributed by atoms with E-state index in [1.54, 1.807) is 0 Å². The van der Waals surface area contributed by atoms with Crippen LogP contribution in [-0.4, -0.2) is 24.1 Å². The molecule has 0 heterocycles. The molecule has 3 saturated carbocycles. The fourth-order valence-electron chi connectivity index (χ4n) is 3.93. The molecule has 3 rings (SSSR count). The Morgan fingerprint density at radius 1 is 0.545 bits per heavy atom. The minimum absolute atomic E-state index is 0.0804. The van der Waals surface area contributed by atoms with Crippen molar-refractivity contribution in [2.24, 2.45) is 11.8 Å². The summed E-state index contributed by atoms with van der Waals surface area (Å²) in [7, 11) is 0. The quantitative estimate of drug-likeness (QED) is 0.742. The molecule has 0 aromatic rings. The summed E-state index contributed by atoms with van der Waals surface area (Å²) >= 11 is 0. The first-order valence-corrected chi connectivity index (χ1v) is 9.15. The maximum absolute atomic E-state index is 12.3. The fraction of sp³-hybridized carbons (Fsp3) is 0.889. The molecule has 0 saturated heterocycles. The predicted molar refractivity (Wildman–Crippen MR) is 82.1 cm³/mol. The number of esters is 2. The lowest BCUT2D eigenvalue weighted by atomic mass is 9.73. The number of ether oxygens (including phenoxy) is 2. The van der Waals surface area contributed by atoms with Gasteiger partial charge in [-0.15, -0.1) is 0 Å². The van der Waals surface area contributed by atoms with E-state index in [4.69, 9.17) is 9.47 Å². The van der Waals surface area contributed by atoms with Crippen molar-refractivity contribution in [3.63, 3.8) is 0 Å². The number of carbonyl (C=O) groups excluding carboxylic acids is 2. The third-order valence-corrected chi connectivity index (χ3v) is 5.55. The predicted octanol–water partition coefficient (Wildman–Crippen LogP) is 3.76. The van der Waals surface area contributed by atoms with Gasteiger partial charge in [-0.05, 0) is 64.2 Å². The van der Waals surface area contributed by atoms with Crippen molar-refractivity contribution >= 4 is 11.9 Å². The standard InChI is InChI=1S/C18H28O4/c19-17(21-13-7-3-1-4-8-13)15-11-12-16(15)18(20)22-14-9-5-2-6-10-14/h13-16H,1-12H2. The molecule has 4 nitrogen and oxygen atoms in total. The zero-order valence-electron chi connectivity index (χ0n) is 13.4. The summed E-state index contributed by atoms with van der Waals surface area (Å²) in [5, 5.41) is 0. The van der Waals surface area contributed by atoms with Gasteiger partial charge in [0.05, 0.1) is 11.8 Å². The van der Waals surface area contributed by atoms with Gasteiger partial charge >= 0.3 is 11.9 Å². The van der Waals surface area contributed by atoms with Crippen molar-refractivity contribution in [2.75, 3.05) is 0 Å². The van der Waals surface area contributed by atoms with Crippen molar-refractivity contribution in [1.82, 2.24) is 0 Å². The molecule has 0 radical (unpaired) electrons. The van der Waals surface area contributed by atoms with Crippen LogP contribution in [0.25, 0.3) is 0 Å². The van der Waals surface area contributed by atoms with Gasteiger partial charge in [0, 0.05) is 0 Å². The molecule has 0 N–H and O–H groups in total. The van der Waals surface area contributed by atoms with Crippen molar-refractivity contribution in [3.05, 3.63) is 0 Å². The van der Waals surface area contributed by atoms with Crippen molar-refractivity contribution < 1.29 is 19.1 Å². The highest BCUT2D eigenvalue weighted by Gasteiger charge is 2.44. The molecule has 2 unspecified atom stereocenters. The Morgan fingerprint density at radius 2 is 0.909 bits per heavy atom. The summed E-state index contributed by atoms with van der Waals surface area (Å²) in [5.74, 6) is -0.830. The zero-order chi connectivity index (χ0) is 15.4. The largest absolute Gasteiger partial charge is 0.462 e. The average molecular weight is 308 g/mol. The van der Waals surface area contributed by atoms with Crippen LogP contribution in [0.15, 0.2) is 0 Å². The van der Waals surface area contributed by atoms with E-state index in [0.29, 0.717) is 0 Å². The Labute approximate surface area is 132 Å². The SMILES string of the molecule is O=C(OC1CCCCC1)C1CCC1C(=O)OC1CCCCC1. The van der Waals surface area contributed by atoms with Gasteiger partial charge in [-0.3, -0.25) is 9.59 Å². The van der Waals surface area contributed by atoms with Crippen LogP contribution in [0.2, 0.25) is 0 Å². The molecule has 3 fully saturated rings.